The van der Waals surface area contributed by atoms with E-state index in [4.69, 9.17) is 4.74 Å². The highest BCUT2D eigenvalue weighted by Gasteiger charge is 2.28. The molecular formula is C18H26N2O2. The molecule has 1 saturated heterocycles. The van der Waals surface area contributed by atoms with E-state index in [1.807, 2.05) is 35.2 Å². The summed E-state index contributed by atoms with van der Waals surface area (Å²) in [5.74, 6) is 1.49. The molecule has 120 valence electrons. The molecule has 1 aromatic rings. The van der Waals surface area contributed by atoms with Crippen molar-refractivity contribution in [1.82, 2.24) is 10.2 Å². The van der Waals surface area contributed by atoms with E-state index in [1.54, 1.807) is 0 Å². The summed E-state index contributed by atoms with van der Waals surface area (Å²) in [5, 5.41) is 3.18. The maximum atomic E-state index is 12.2. The van der Waals surface area contributed by atoms with Crippen LogP contribution in [0.1, 0.15) is 38.5 Å². The minimum atomic E-state index is 0.137. The average Bonchev–Trinajstić information content (AvgIpc) is 3.20. The maximum absolute atomic E-state index is 12.2. The van der Waals surface area contributed by atoms with Gasteiger partial charge in [-0.15, -0.1) is 0 Å². The lowest BCUT2D eigenvalue weighted by molar-refractivity contribution is 0.201. The van der Waals surface area contributed by atoms with Gasteiger partial charge in [-0.2, -0.15) is 0 Å². The molecule has 0 spiro atoms. The average molecular weight is 302 g/mol. The minimum Gasteiger partial charge on any atom is -0.494 e. The van der Waals surface area contributed by atoms with Gasteiger partial charge in [-0.1, -0.05) is 31.0 Å². The number of carbonyl (C=O) groups excluding carboxylic acids is 1. The Morgan fingerprint density at radius 2 is 1.95 bits per heavy atom. The molecule has 4 nitrogen and oxygen atoms in total. The van der Waals surface area contributed by atoms with Crippen LogP contribution in [0.5, 0.6) is 5.75 Å². The summed E-state index contributed by atoms with van der Waals surface area (Å²) in [5.41, 5.74) is 0. The summed E-state index contributed by atoms with van der Waals surface area (Å²) < 4.78 is 5.75. The van der Waals surface area contributed by atoms with Crippen LogP contribution in [0.25, 0.3) is 0 Å². The van der Waals surface area contributed by atoms with Gasteiger partial charge in [-0.3, -0.25) is 0 Å². The second kappa shape index (κ2) is 7.52. The van der Waals surface area contributed by atoms with Crippen LogP contribution in [-0.4, -0.2) is 36.7 Å². The fraction of sp³-hybridized carbons (Fsp3) is 0.611. The highest BCUT2D eigenvalue weighted by atomic mass is 16.5. The summed E-state index contributed by atoms with van der Waals surface area (Å²) in [7, 11) is 0. The number of benzene rings is 1. The highest BCUT2D eigenvalue weighted by molar-refractivity contribution is 5.74. The van der Waals surface area contributed by atoms with Crippen LogP contribution in [0.2, 0.25) is 0 Å². The standard InChI is InChI=1S/C18H26N2O2/c21-18(19-16-6-4-5-7-16)20-12-10-15(14-20)11-13-22-17-8-2-1-3-9-17/h1-3,8-9,15-16H,4-7,10-14H2,(H,19,21). The molecule has 4 heteroatoms. The number of nitrogens with one attached hydrogen (secondary N) is 1. The van der Waals surface area contributed by atoms with Crippen molar-refractivity contribution in [3.63, 3.8) is 0 Å². The minimum absolute atomic E-state index is 0.137. The molecule has 1 heterocycles. The molecule has 0 radical (unpaired) electrons. The van der Waals surface area contributed by atoms with Crippen molar-refractivity contribution < 1.29 is 9.53 Å². The number of hydrogen-bond donors (Lipinski definition) is 1. The van der Waals surface area contributed by atoms with E-state index in [0.717, 1.165) is 51.1 Å². The molecular weight excluding hydrogens is 276 g/mol. The number of ether oxygens (including phenoxy) is 1. The van der Waals surface area contributed by atoms with Gasteiger partial charge < -0.3 is 15.0 Å². The molecule has 3 rings (SSSR count). The molecule has 0 bridgehead atoms. The Hall–Kier alpha value is -1.71. The van der Waals surface area contributed by atoms with E-state index in [-0.39, 0.29) is 6.03 Å². The summed E-state index contributed by atoms with van der Waals surface area (Å²) in [6.07, 6.45) is 6.91. The van der Waals surface area contributed by atoms with Crippen molar-refractivity contribution in [2.75, 3.05) is 19.7 Å². The first kappa shape index (κ1) is 15.2. The molecule has 1 aliphatic carbocycles. The van der Waals surface area contributed by atoms with Crippen molar-refractivity contribution in [2.45, 2.75) is 44.6 Å². The first-order chi connectivity index (χ1) is 10.8. The zero-order valence-corrected chi connectivity index (χ0v) is 13.2. The monoisotopic (exact) mass is 302 g/mol. The molecule has 1 aromatic carbocycles. The van der Waals surface area contributed by atoms with Gasteiger partial charge in [-0.25, -0.2) is 4.79 Å². The summed E-state index contributed by atoms with van der Waals surface area (Å²) in [6.45, 7) is 2.48. The van der Waals surface area contributed by atoms with Crippen LogP contribution in [0, 0.1) is 5.92 Å². The van der Waals surface area contributed by atoms with Crippen molar-refractivity contribution >= 4 is 6.03 Å². The fourth-order valence-corrected chi connectivity index (χ4v) is 3.45. The van der Waals surface area contributed by atoms with Crippen LogP contribution in [-0.2, 0) is 0 Å². The van der Waals surface area contributed by atoms with Gasteiger partial charge in [-0.05, 0) is 43.7 Å². The Balaban J connectivity index is 1.35. The molecule has 2 fully saturated rings. The van der Waals surface area contributed by atoms with E-state index in [9.17, 15) is 4.79 Å². The van der Waals surface area contributed by atoms with E-state index in [0.29, 0.717) is 12.0 Å². The van der Waals surface area contributed by atoms with E-state index < -0.39 is 0 Å². The van der Waals surface area contributed by atoms with Gasteiger partial charge in [0.1, 0.15) is 5.75 Å². The molecule has 0 aromatic heterocycles. The van der Waals surface area contributed by atoms with Crippen molar-refractivity contribution in [3.05, 3.63) is 30.3 Å². The van der Waals surface area contributed by atoms with Crippen molar-refractivity contribution in [3.8, 4) is 5.75 Å². The van der Waals surface area contributed by atoms with Gasteiger partial charge in [0.2, 0.25) is 0 Å². The lowest BCUT2D eigenvalue weighted by atomic mass is 10.1. The van der Waals surface area contributed by atoms with Gasteiger partial charge in [0.15, 0.2) is 0 Å². The zero-order valence-electron chi connectivity index (χ0n) is 13.2. The third-order valence-electron chi connectivity index (χ3n) is 4.79. The Morgan fingerprint density at radius 1 is 1.18 bits per heavy atom. The van der Waals surface area contributed by atoms with E-state index in [1.165, 1.54) is 12.8 Å². The van der Waals surface area contributed by atoms with E-state index in [2.05, 4.69) is 5.32 Å². The first-order valence-electron chi connectivity index (χ1n) is 8.54. The zero-order chi connectivity index (χ0) is 15.2. The van der Waals surface area contributed by atoms with Gasteiger partial charge in [0, 0.05) is 19.1 Å². The quantitative estimate of drug-likeness (QED) is 0.905. The largest absolute Gasteiger partial charge is 0.494 e. The smallest absolute Gasteiger partial charge is 0.317 e. The third-order valence-corrected chi connectivity index (χ3v) is 4.79. The van der Waals surface area contributed by atoms with Crippen LogP contribution >= 0.6 is 0 Å². The Morgan fingerprint density at radius 3 is 2.73 bits per heavy atom. The summed E-state index contributed by atoms with van der Waals surface area (Å²) in [6, 6.07) is 10.5. The predicted molar refractivity (Wildman–Crippen MR) is 87.0 cm³/mol. The summed E-state index contributed by atoms with van der Waals surface area (Å²) in [4.78, 5) is 14.2. The predicted octanol–water partition coefficient (Wildman–Crippen LogP) is 3.43. The van der Waals surface area contributed by atoms with Crippen molar-refractivity contribution in [2.24, 2.45) is 5.92 Å². The van der Waals surface area contributed by atoms with Crippen LogP contribution in [0.4, 0.5) is 4.79 Å². The molecule has 1 saturated carbocycles. The Bertz CT molecular complexity index is 471. The lowest BCUT2D eigenvalue weighted by Crippen LogP contribution is -2.42. The molecule has 1 N–H and O–H groups in total. The van der Waals surface area contributed by atoms with Gasteiger partial charge in [0.25, 0.3) is 0 Å². The number of rotatable bonds is 5. The van der Waals surface area contributed by atoms with Crippen molar-refractivity contribution in [1.29, 1.82) is 0 Å². The number of urea groups is 1. The second-order valence-electron chi connectivity index (χ2n) is 6.48. The fourth-order valence-electron chi connectivity index (χ4n) is 3.45. The topological polar surface area (TPSA) is 41.6 Å². The van der Waals surface area contributed by atoms with Crippen LogP contribution < -0.4 is 10.1 Å². The first-order valence-corrected chi connectivity index (χ1v) is 8.54. The number of amides is 2. The molecule has 1 unspecified atom stereocenters. The number of nitrogens with zero attached hydrogens (tertiary/aromatic N) is 1. The summed E-state index contributed by atoms with van der Waals surface area (Å²) >= 11 is 0. The number of likely N-dealkylation sites (tertiary alicyclic amines) is 1. The van der Waals surface area contributed by atoms with Crippen LogP contribution in [0.15, 0.2) is 30.3 Å². The van der Waals surface area contributed by atoms with Crippen LogP contribution in [0.3, 0.4) is 0 Å². The molecule has 1 atom stereocenters. The SMILES string of the molecule is O=C(NC1CCCC1)N1CCC(CCOc2ccccc2)C1. The highest BCUT2D eigenvalue weighted by Crippen LogP contribution is 2.22. The molecule has 2 aliphatic rings. The maximum Gasteiger partial charge on any atom is 0.317 e. The lowest BCUT2D eigenvalue weighted by Gasteiger charge is -2.20. The number of carbonyl (C=O) groups is 1. The second-order valence-corrected chi connectivity index (χ2v) is 6.48. The van der Waals surface area contributed by atoms with Gasteiger partial charge in [0.05, 0.1) is 6.61 Å². The normalized spacial score (nSPS) is 22.0. The Labute approximate surface area is 132 Å². The number of hydrogen-bond acceptors (Lipinski definition) is 2. The third kappa shape index (κ3) is 4.15. The molecule has 1 aliphatic heterocycles. The number of para-hydroxylation sites is 1. The molecule has 22 heavy (non-hydrogen) atoms. The Kier molecular flexibility index (Phi) is 5.20. The molecule has 2 amide bonds. The van der Waals surface area contributed by atoms with Gasteiger partial charge >= 0.3 is 6.03 Å². The van der Waals surface area contributed by atoms with E-state index >= 15 is 0 Å².